The Balaban J connectivity index is 2.30. The Labute approximate surface area is 114 Å². The van der Waals surface area contributed by atoms with Crippen molar-refractivity contribution in [3.05, 3.63) is 29.8 Å². The Morgan fingerprint density at radius 3 is 2.45 bits per heavy atom. The van der Waals surface area contributed by atoms with Crippen molar-refractivity contribution in [1.29, 1.82) is 0 Å². The molecule has 0 unspecified atom stereocenters. The van der Waals surface area contributed by atoms with Crippen LogP contribution in [0, 0.1) is 0 Å². The molecular formula is C13H17F3N2O2. The second kappa shape index (κ2) is 7.14. The lowest BCUT2D eigenvalue weighted by atomic mass is 10.1. The molecule has 0 fully saturated rings. The Hall–Kier alpha value is -1.76. The fraction of sp³-hybridized carbons (Fsp3) is 0.462. The lowest BCUT2D eigenvalue weighted by Crippen LogP contribution is -2.42. The van der Waals surface area contributed by atoms with E-state index in [0.717, 1.165) is 5.56 Å². The van der Waals surface area contributed by atoms with Gasteiger partial charge >= 0.3 is 6.18 Å². The van der Waals surface area contributed by atoms with Crippen LogP contribution in [-0.4, -0.2) is 29.8 Å². The highest BCUT2D eigenvalue weighted by Crippen LogP contribution is 2.20. The maximum Gasteiger partial charge on any atom is 0.389 e. The molecule has 1 atom stereocenters. The predicted octanol–water partition coefficient (Wildman–Crippen LogP) is 1.72. The van der Waals surface area contributed by atoms with Gasteiger partial charge in [0.05, 0.1) is 6.04 Å². The molecule has 1 rings (SSSR count). The summed E-state index contributed by atoms with van der Waals surface area (Å²) in [4.78, 5) is 11.6. The number of nitrogens with two attached hydrogens (primary N) is 1. The maximum atomic E-state index is 11.9. The Bertz CT molecular complexity index is 432. The van der Waals surface area contributed by atoms with Crippen molar-refractivity contribution in [2.75, 3.05) is 6.54 Å². The van der Waals surface area contributed by atoms with Crippen molar-refractivity contribution >= 4 is 5.91 Å². The summed E-state index contributed by atoms with van der Waals surface area (Å²) >= 11 is 0. The number of amides is 1. The lowest BCUT2D eigenvalue weighted by Gasteiger charge is -2.13. The molecule has 0 aromatic heterocycles. The van der Waals surface area contributed by atoms with Crippen LogP contribution in [0.2, 0.25) is 0 Å². The number of carbonyl (C=O) groups is 1. The highest BCUT2D eigenvalue weighted by Gasteiger charge is 2.26. The van der Waals surface area contributed by atoms with Crippen LogP contribution in [-0.2, 0) is 11.2 Å². The average Bonchev–Trinajstić information content (AvgIpc) is 2.36. The van der Waals surface area contributed by atoms with Crippen molar-refractivity contribution in [2.45, 2.75) is 31.5 Å². The summed E-state index contributed by atoms with van der Waals surface area (Å²) in [5.74, 6) is -0.376. The van der Waals surface area contributed by atoms with Crippen molar-refractivity contribution in [3.8, 4) is 5.75 Å². The molecule has 0 aliphatic heterocycles. The zero-order valence-corrected chi connectivity index (χ0v) is 10.8. The molecule has 1 amide bonds. The van der Waals surface area contributed by atoms with Gasteiger partial charge in [0.2, 0.25) is 5.91 Å². The number of rotatable bonds is 6. The van der Waals surface area contributed by atoms with Crippen LogP contribution in [0.4, 0.5) is 13.2 Å². The lowest BCUT2D eigenvalue weighted by molar-refractivity contribution is -0.136. The number of hydrogen-bond acceptors (Lipinski definition) is 3. The van der Waals surface area contributed by atoms with E-state index in [1.807, 2.05) is 0 Å². The van der Waals surface area contributed by atoms with Crippen LogP contribution < -0.4 is 11.1 Å². The normalized spacial score (nSPS) is 13.0. The second-order valence-corrected chi connectivity index (χ2v) is 4.49. The maximum absolute atomic E-state index is 11.9. The van der Waals surface area contributed by atoms with E-state index in [1.165, 1.54) is 12.1 Å². The molecule has 20 heavy (non-hydrogen) atoms. The molecule has 0 aliphatic rings. The van der Waals surface area contributed by atoms with E-state index < -0.39 is 24.5 Å². The summed E-state index contributed by atoms with van der Waals surface area (Å²) in [6.07, 6.45) is -5.05. The first-order chi connectivity index (χ1) is 9.28. The van der Waals surface area contributed by atoms with E-state index in [9.17, 15) is 18.0 Å². The quantitative estimate of drug-likeness (QED) is 0.698. The van der Waals surface area contributed by atoms with Gasteiger partial charge in [0, 0.05) is 13.0 Å². The third-order valence-corrected chi connectivity index (χ3v) is 2.66. The minimum atomic E-state index is -4.21. The highest BCUT2D eigenvalue weighted by atomic mass is 19.4. The SMILES string of the molecule is N[C@H](Cc1ccc(O)cc1)C(=O)NCCCC(F)(F)F. The first kappa shape index (κ1) is 16.3. The first-order valence-corrected chi connectivity index (χ1v) is 6.16. The molecule has 112 valence electrons. The Morgan fingerprint density at radius 2 is 1.90 bits per heavy atom. The molecule has 0 bridgehead atoms. The number of phenolic OH excluding ortho intramolecular Hbond substituents is 1. The van der Waals surface area contributed by atoms with Crippen molar-refractivity contribution < 1.29 is 23.1 Å². The molecule has 0 saturated heterocycles. The van der Waals surface area contributed by atoms with Crippen LogP contribution in [0.5, 0.6) is 5.75 Å². The minimum Gasteiger partial charge on any atom is -0.508 e. The smallest absolute Gasteiger partial charge is 0.389 e. The van der Waals surface area contributed by atoms with Crippen molar-refractivity contribution in [3.63, 3.8) is 0 Å². The van der Waals surface area contributed by atoms with E-state index in [1.54, 1.807) is 12.1 Å². The molecule has 1 aromatic rings. The van der Waals surface area contributed by atoms with Gasteiger partial charge in [-0.2, -0.15) is 13.2 Å². The number of carbonyl (C=O) groups excluding carboxylic acids is 1. The number of benzene rings is 1. The molecule has 1 aromatic carbocycles. The second-order valence-electron chi connectivity index (χ2n) is 4.49. The molecule has 7 heteroatoms. The van der Waals surface area contributed by atoms with Gasteiger partial charge in [-0.1, -0.05) is 12.1 Å². The van der Waals surface area contributed by atoms with Gasteiger partial charge in [-0.05, 0) is 30.5 Å². The van der Waals surface area contributed by atoms with Crippen LogP contribution in [0.15, 0.2) is 24.3 Å². The third kappa shape index (κ3) is 6.42. The van der Waals surface area contributed by atoms with Gasteiger partial charge in [0.1, 0.15) is 5.75 Å². The van der Waals surface area contributed by atoms with E-state index in [-0.39, 0.29) is 25.1 Å². The zero-order chi connectivity index (χ0) is 15.2. The molecule has 4 nitrogen and oxygen atoms in total. The number of aromatic hydroxyl groups is 1. The standard InChI is InChI=1S/C13H17F3N2O2/c14-13(15,16)6-1-7-18-12(20)11(17)8-9-2-4-10(19)5-3-9/h2-5,11,19H,1,6-8,17H2,(H,18,20)/t11-/m1/s1. The number of hydrogen-bond donors (Lipinski definition) is 3. The minimum absolute atomic E-state index is 0.0539. The summed E-state index contributed by atoms with van der Waals surface area (Å²) in [6, 6.07) is 5.38. The molecule has 0 aliphatic carbocycles. The molecule has 0 radical (unpaired) electrons. The summed E-state index contributed by atoms with van der Waals surface area (Å²) in [5, 5.41) is 11.5. The molecule has 0 heterocycles. The Morgan fingerprint density at radius 1 is 1.30 bits per heavy atom. The van der Waals surface area contributed by atoms with Crippen molar-refractivity contribution in [2.24, 2.45) is 5.73 Å². The van der Waals surface area contributed by atoms with Crippen LogP contribution in [0.25, 0.3) is 0 Å². The van der Waals surface area contributed by atoms with Crippen molar-refractivity contribution in [1.82, 2.24) is 5.32 Å². The number of alkyl halides is 3. The summed E-state index contributed by atoms with van der Waals surface area (Å²) < 4.78 is 35.7. The molecular weight excluding hydrogens is 273 g/mol. The van der Waals surface area contributed by atoms with Gasteiger partial charge < -0.3 is 16.2 Å². The third-order valence-electron chi connectivity index (χ3n) is 2.66. The molecule has 0 saturated carbocycles. The summed E-state index contributed by atoms with van der Waals surface area (Å²) in [7, 11) is 0. The van der Waals surface area contributed by atoms with E-state index in [0.29, 0.717) is 0 Å². The monoisotopic (exact) mass is 290 g/mol. The number of halogens is 3. The zero-order valence-electron chi connectivity index (χ0n) is 10.8. The fourth-order valence-electron chi connectivity index (χ4n) is 1.61. The van der Waals surface area contributed by atoms with E-state index >= 15 is 0 Å². The van der Waals surface area contributed by atoms with E-state index in [2.05, 4.69) is 5.32 Å². The highest BCUT2D eigenvalue weighted by molar-refractivity contribution is 5.81. The molecule has 0 spiro atoms. The molecule has 4 N–H and O–H groups in total. The number of nitrogens with one attached hydrogen (secondary N) is 1. The van der Waals surface area contributed by atoms with Crippen LogP contribution in [0.3, 0.4) is 0 Å². The van der Waals surface area contributed by atoms with Crippen LogP contribution in [0.1, 0.15) is 18.4 Å². The van der Waals surface area contributed by atoms with Gasteiger partial charge in [-0.3, -0.25) is 4.79 Å². The topological polar surface area (TPSA) is 75.3 Å². The summed E-state index contributed by atoms with van der Waals surface area (Å²) in [5.41, 5.74) is 6.42. The largest absolute Gasteiger partial charge is 0.508 e. The van der Waals surface area contributed by atoms with Crippen LogP contribution >= 0.6 is 0 Å². The van der Waals surface area contributed by atoms with E-state index in [4.69, 9.17) is 10.8 Å². The predicted molar refractivity (Wildman–Crippen MR) is 68.1 cm³/mol. The van der Waals surface area contributed by atoms with Gasteiger partial charge in [-0.15, -0.1) is 0 Å². The van der Waals surface area contributed by atoms with Gasteiger partial charge in [0.25, 0.3) is 0 Å². The fourth-order valence-corrected chi connectivity index (χ4v) is 1.61. The summed E-state index contributed by atoms with van der Waals surface area (Å²) in [6.45, 7) is -0.0539. The first-order valence-electron chi connectivity index (χ1n) is 6.16. The van der Waals surface area contributed by atoms with Gasteiger partial charge in [0.15, 0.2) is 0 Å². The van der Waals surface area contributed by atoms with Gasteiger partial charge in [-0.25, -0.2) is 0 Å². The number of phenols is 1. The average molecular weight is 290 g/mol. The Kier molecular flexibility index (Phi) is 5.82.